The van der Waals surface area contributed by atoms with Gasteiger partial charge in [0, 0.05) is 12.7 Å². The molecule has 25 heavy (non-hydrogen) atoms. The Morgan fingerprint density at radius 3 is 2.64 bits per heavy atom. The number of hydrogen-bond donors (Lipinski definition) is 1. The molecule has 0 fully saturated rings. The van der Waals surface area contributed by atoms with Gasteiger partial charge in [0.05, 0.1) is 6.54 Å². The van der Waals surface area contributed by atoms with Crippen molar-refractivity contribution in [1.82, 2.24) is 5.32 Å². The molecule has 2 aromatic rings. The summed E-state index contributed by atoms with van der Waals surface area (Å²) in [7, 11) is 1.48. The van der Waals surface area contributed by atoms with E-state index < -0.39 is 11.7 Å². The van der Waals surface area contributed by atoms with Crippen LogP contribution in [0.5, 0.6) is 11.5 Å². The third-order valence-corrected chi connectivity index (χ3v) is 4.30. The first-order valence-electron chi connectivity index (χ1n) is 8.00. The van der Waals surface area contributed by atoms with E-state index in [1.54, 1.807) is 37.3 Å². The Kier molecular flexibility index (Phi) is 4.90. The number of benzene rings is 2. The molecule has 1 aliphatic heterocycles. The van der Waals surface area contributed by atoms with Gasteiger partial charge in [-0.05, 0) is 25.1 Å². The molecule has 132 valence electrons. The summed E-state index contributed by atoms with van der Waals surface area (Å²) in [6, 6.07) is 13.5. The third-order valence-electron chi connectivity index (χ3n) is 4.30. The van der Waals surface area contributed by atoms with Gasteiger partial charge in [-0.2, -0.15) is 0 Å². The lowest BCUT2D eigenvalue weighted by atomic mass is 9.95. The number of hydrogen-bond acceptors (Lipinski definition) is 4. The topological polar surface area (TPSA) is 56.8 Å². The SMILES string of the molecule is CO[C@](C)(CNC(=O)[C@@H]1COc2ccccc2O1)c1ccccc1F. The molecule has 0 radical (unpaired) electrons. The van der Waals surface area contributed by atoms with E-state index in [0.717, 1.165) is 0 Å². The van der Waals surface area contributed by atoms with Crippen LogP contribution in [0.25, 0.3) is 0 Å². The molecule has 3 rings (SSSR count). The van der Waals surface area contributed by atoms with Gasteiger partial charge in [0.25, 0.3) is 5.91 Å². The average molecular weight is 345 g/mol. The van der Waals surface area contributed by atoms with E-state index >= 15 is 0 Å². The molecule has 0 unspecified atom stereocenters. The van der Waals surface area contributed by atoms with Gasteiger partial charge in [0.2, 0.25) is 6.10 Å². The van der Waals surface area contributed by atoms with Gasteiger partial charge in [-0.3, -0.25) is 4.79 Å². The van der Waals surface area contributed by atoms with Crippen LogP contribution < -0.4 is 14.8 Å². The lowest BCUT2D eigenvalue weighted by Crippen LogP contribution is -2.48. The zero-order valence-corrected chi connectivity index (χ0v) is 14.1. The number of rotatable bonds is 5. The van der Waals surface area contributed by atoms with Gasteiger partial charge in [0.15, 0.2) is 11.5 Å². The second-order valence-corrected chi connectivity index (χ2v) is 6.00. The lowest BCUT2D eigenvalue weighted by molar-refractivity contribution is -0.132. The summed E-state index contributed by atoms with van der Waals surface area (Å²) >= 11 is 0. The highest BCUT2D eigenvalue weighted by molar-refractivity contribution is 5.81. The fourth-order valence-corrected chi connectivity index (χ4v) is 2.69. The van der Waals surface area contributed by atoms with Crippen LogP contribution in [0.4, 0.5) is 4.39 Å². The number of amides is 1. The van der Waals surface area contributed by atoms with Crippen molar-refractivity contribution in [3.05, 3.63) is 59.9 Å². The zero-order valence-electron chi connectivity index (χ0n) is 14.1. The molecular formula is C19H20FNO4. The molecule has 0 spiro atoms. The normalized spacial score (nSPS) is 18.3. The third kappa shape index (κ3) is 3.58. The van der Waals surface area contributed by atoms with Crippen molar-refractivity contribution in [3.63, 3.8) is 0 Å². The number of carbonyl (C=O) groups excluding carboxylic acids is 1. The molecule has 1 N–H and O–H groups in total. The van der Waals surface area contributed by atoms with E-state index in [9.17, 15) is 9.18 Å². The minimum atomic E-state index is -0.992. The van der Waals surface area contributed by atoms with Crippen molar-refractivity contribution in [2.24, 2.45) is 0 Å². The molecule has 0 saturated heterocycles. The molecule has 1 heterocycles. The Balaban J connectivity index is 1.66. The van der Waals surface area contributed by atoms with Gasteiger partial charge in [-0.1, -0.05) is 30.3 Å². The summed E-state index contributed by atoms with van der Waals surface area (Å²) in [6.45, 7) is 1.94. The molecule has 1 aliphatic rings. The molecule has 0 bridgehead atoms. The molecule has 6 heteroatoms. The molecule has 0 aromatic heterocycles. The first-order valence-corrected chi connectivity index (χ1v) is 8.00. The second-order valence-electron chi connectivity index (χ2n) is 6.00. The van der Waals surface area contributed by atoms with Crippen molar-refractivity contribution in [2.75, 3.05) is 20.3 Å². The molecular weight excluding hydrogens is 325 g/mol. The summed E-state index contributed by atoms with van der Waals surface area (Å²) in [5, 5.41) is 2.76. The Bertz CT molecular complexity index is 767. The highest BCUT2D eigenvalue weighted by Gasteiger charge is 2.33. The summed E-state index contributed by atoms with van der Waals surface area (Å²) in [5.74, 6) is 0.415. The standard InChI is InChI=1S/C19H20FNO4/c1-19(23-2,13-7-3-4-8-14(13)20)12-21-18(22)17-11-24-15-9-5-6-10-16(15)25-17/h3-10,17H,11-12H2,1-2H3,(H,21,22)/t17-,19+/m0/s1. The van der Waals surface area contributed by atoms with E-state index in [2.05, 4.69) is 5.32 Å². The van der Waals surface area contributed by atoms with Gasteiger partial charge < -0.3 is 19.5 Å². The Hall–Kier alpha value is -2.60. The summed E-state index contributed by atoms with van der Waals surface area (Å²) in [5.41, 5.74) is -0.613. The smallest absolute Gasteiger partial charge is 0.264 e. The number of carbonyl (C=O) groups is 1. The molecule has 2 atom stereocenters. The largest absolute Gasteiger partial charge is 0.485 e. The van der Waals surface area contributed by atoms with E-state index in [4.69, 9.17) is 14.2 Å². The molecule has 1 amide bonds. The van der Waals surface area contributed by atoms with Crippen molar-refractivity contribution in [2.45, 2.75) is 18.6 Å². The van der Waals surface area contributed by atoms with E-state index in [1.807, 2.05) is 12.1 Å². The second kappa shape index (κ2) is 7.11. The summed E-state index contributed by atoms with van der Waals surface area (Å²) < 4.78 is 30.8. The number of ether oxygens (including phenoxy) is 3. The van der Waals surface area contributed by atoms with Crippen LogP contribution >= 0.6 is 0 Å². The quantitative estimate of drug-likeness (QED) is 0.905. The predicted octanol–water partition coefficient (Wildman–Crippen LogP) is 2.64. The van der Waals surface area contributed by atoms with Crippen LogP contribution in [-0.4, -0.2) is 32.3 Å². The number of para-hydroxylation sites is 2. The van der Waals surface area contributed by atoms with Crippen molar-refractivity contribution >= 4 is 5.91 Å². The molecule has 2 aromatic carbocycles. The average Bonchev–Trinajstić information content (AvgIpc) is 2.65. The number of halogens is 1. The van der Waals surface area contributed by atoms with E-state index in [1.165, 1.54) is 13.2 Å². The Morgan fingerprint density at radius 1 is 1.24 bits per heavy atom. The number of nitrogens with one attached hydrogen (secondary N) is 1. The van der Waals surface area contributed by atoms with Crippen LogP contribution in [0.1, 0.15) is 12.5 Å². The zero-order chi connectivity index (χ0) is 17.9. The summed E-state index contributed by atoms with van der Waals surface area (Å²) in [6.07, 6.45) is -0.767. The maximum Gasteiger partial charge on any atom is 0.264 e. The fourth-order valence-electron chi connectivity index (χ4n) is 2.69. The Labute approximate surface area is 145 Å². The molecule has 0 aliphatic carbocycles. The first kappa shape index (κ1) is 17.2. The highest BCUT2D eigenvalue weighted by Crippen LogP contribution is 2.31. The molecule has 0 saturated carbocycles. The van der Waals surface area contributed by atoms with Crippen LogP contribution in [0.2, 0.25) is 0 Å². The lowest BCUT2D eigenvalue weighted by Gasteiger charge is -2.31. The first-order chi connectivity index (χ1) is 12.0. The van der Waals surface area contributed by atoms with Crippen LogP contribution in [0, 0.1) is 5.82 Å². The summed E-state index contributed by atoms with van der Waals surface area (Å²) in [4.78, 5) is 12.4. The van der Waals surface area contributed by atoms with E-state index in [0.29, 0.717) is 17.1 Å². The van der Waals surface area contributed by atoms with Crippen molar-refractivity contribution < 1.29 is 23.4 Å². The van der Waals surface area contributed by atoms with Gasteiger partial charge in [-0.25, -0.2) is 4.39 Å². The maximum absolute atomic E-state index is 14.1. The maximum atomic E-state index is 14.1. The van der Waals surface area contributed by atoms with Crippen LogP contribution in [-0.2, 0) is 15.1 Å². The highest BCUT2D eigenvalue weighted by atomic mass is 19.1. The number of methoxy groups -OCH3 is 1. The van der Waals surface area contributed by atoms with Crippen molar-refractivity contribution in [3.8, 4) is 11.5 Å². The molecule has 5 nitrogen and oxygen atoms in total. The fraction of sp³-hybridized carbons (Fsp3) is 0.316. The van der Waals surface area contributed by atoms with Gasteiger partial charge in [0.1, 0.15) is 18.0 Å². The van der Waals surface area contributed by atoms with E-state index in [-0.39, 0.29) is 24.9 Å². The number of fused-ring (bicyclic) bond motifs is 1. The van der Waals surface area contributed by atoms with Crippen LogP contribution in [0.3, 0.4) is 0 Å². The Morgan fingerprint density at radius 2 is 1.92 bits per heavy atom. The minimum absolute atomic E-state index is 0.102. The monoisotopic (exact) mass is 345 g/mol. The van der Waals surface area contributed by atoms with Crippen molar-refractivity contribution in [1.29, 1.82) is 0 Å². The van der Waals surface area contributed by atoms with Gasteiger partial charge >= 0.3 is 0 Å². The predicted molar refractivity (Wildman–Crippen MR) is 90.1 cm³/mol. The minimum Gasteiger partial charge on any atom is -0.485 e. The van der Waals surface area contributed by atoms with Crippen LogP contribution in [0.15, 0.2) is 48.5 Å². The van der Waals surface area contributed by atoms with Gasteiger partial charge in [-0.15, -0.1) is 0 Å².